The van der Waals surface area contributed by atoms with Crippen LogP contribution in [-0.2, 0) is 25.4 Å². The van der Waals surface area contributed by atoms with Gasteiger partial charge >= 0.3 is 0 Å². The van der Waals surface area contributed by atoms with Crippen LogP contribution in [0.25, 0.3) is 22.6 Å². The molecule has 43 heavy (non-hydrogen) atoms. The van der Waals surface area contributed by atoms with Gasteiger partial charge in [0.15, 0.2) is 5.82 Å². The topological polar surface area (TPSA) is 123 Å². The van der Waals surface area contributed by atoms with Crippen molar-refractivity contribution in [3.05, 3.63) is 84.1 Å². The van der Waals surface area contributed by atoms with Crippen molar-refractivity contribution in [2.45, 2.75) is 38.6 Å². The summed E-state index contributed by atoms with van der Waals surface area (Å²) in [6.07, 6.45) is 3.45. The van der Waals surface area contributed by atoms with Gasteiger partial charge in [-0.15, -0.1) is 0 Å². The molecule has 0 radical (unpaired) electrons. The largest absolute Gasteiger partial charge is 0.376 e. The van der Waals surface area contributed by atoms with E-state index in [0.717, 1.165) is 25.0 Å². The lowest BCUT2D eigenvalue weighted by molar-refractivity contribution is -0.232. The summed E-state index contributed by atoms with van der Waals surface area (Å²) in [4.78, 5) is 29.7. The van der Waals surface area contributed by atoms with Gasteiger partial charge in [-0.3, -0.25) is 4.79 Å². The number of nitrogens with one attached hydrogen (secondary N) is 3. The first-order valence-corrected chi connectivity index (χ1v) is 14.5. The van der Waals surface area contributed by atoms with Crippen LogP contribution in [0.5, 0.6) is 0 Å². The van der Waals surface area contributed by atoms with Crippen molar-refractivity contribution in [3.8, 4) is 22.6 Å². The van der Waals surface area contributed by atoms with Crippen LogP contribution in [0.1, 0.15) is 37.4 Å². The number of aromatic amines is 1. The average molecular weight is 587 g/mol. The summed E-state index contributed by atoms with van der Waals surface area (Å²) in [5.74, 6) is 0.558. The van der Waals surface area contributed by atoms with Gasteiger partial charge in [-0.1, -0.05) is 37.3 Å². The van der Waals surface area contributed by atoms with Gasteiger partial charge in [0, 0.05) is 36.9 Å². The molecule has 11 heteroatoms. The lowest BCUT2D eigenvalue weighted by Gasteiger charge is -2.36. The van der Waals surface area contributed by atoms with Crippen molar-refractivity contribution in [2.24, 2.45) is 5.41 Å². The van der Waals surface area contributed by atoms with Crippen LogP contribution in [0, 0.1) is 11.2 Å². The van der Waals surface area contributed by atoms with Crippen LogP contribution in [0.4, 0.5) is 10.3 Å². The van der Waals surface area contributed by atoms with Gasteiger partial charge in [0.05, 0.1) is 42.8 Å². The fourth-order valence-electron chi connectivity index (χ4n) is 5.16. The molecule has 0 bridgehead atoms. The molecule has 1 amide bonds. The lowest BCUT2D eigenvalue weighted by Crippen LogP contribution is -2.45. The second-order valence-corrected chi connectivity index (χ2v) is 11.3. The number of amides is 1. The minimum Gasteiger partial charge on any atom is -0.376 e. The molecule has 3 N–H and O–H groups in total. The molecule has 0 spiro atoms. The Morgan fingerprint density at radius 1 is 1.05 bits per heavy atom. The first kappa shape index (κ1) is 28.9. The zero-order chi connectivity index (χ0) is 29.6. The molecular formula is C32H35FN6O4. The molecule has 2 aromatic heterocycles. The Kier molecular flexibility index (Phi) is 8.73. The summed E-state index contributed by atoms with van der Waals surface area (Å²) in [7, 11) is 0. The number of aromatic nitrogens is 4. The molecule has 4 heterocycles. The summed E-state index contributed by atoms with van der Waals surface area (Å²) in [5, 5.41) is 6.27. The van der Waals surface area contributed by atoms with Crippen LogP contribution in [0.15, 0.2) is 66.9 Å². The molecule has 2 fully saturated rings. The van der Waals surface area contributed by atoms with E-state index in [1.165, 1.54) is 12.1 Å². The summed E-state index contributed by atoms with van der Waals surface area (Å²) in [5.41, 5.74) is 3.11. The molecule has 0 saturated carbocycles. The molecule has 6 rings (SSSR count). The number of benzene rings is 2. The number of carbonyl (C=O) groups is 1. The molecule has 1 unspecified atom stereocenters. The highest BCUT2D eigenvalue weighted by molar-refractivity contribution is 5.78. The van der Waals surface area contributed by atoms with Gasteiger partial charge in [-0.2, -0.15) is 0 Å². The summed E-state index contributed by atoms with van der Waals surface area (Å²) in [6.45, 7) is 4.54. The first-order chi connectivity index (χ1) is 20.9. The number of H-pyrrole nitrogens is 1. The van der Waals surface area contributed by atoms with Gasteiger partial charge in [0.25, 0.3) is 0 Å². The molecule has 224 valence electrons. The minimum atomic E-state index is -0.750. The highest BCUT2D eigenvalue weighted by atomic mass is 19.1. The maximum atomic E-state index is 13.7. The smallest absolute Gasteiger partial charge is 0.224 e. The number of rotatable bonds is 10. The molecule has 2 aliphatic heterocycles. The Bertz CT molecular complexity index is 1520. The Balaban J connectivity index is 1.15. The molecule has 0 aliphatic carbocycles. The van der Waals surface area contributed by atoms with Crippen LogP contribution in [-0.4, -0.2) is 64.9 Å². The van der Waals surface area contributed by atoms with Crippen molar-refractivity contribution < 1.29 is 23.4 Å². The molecule has 4 aromatic rings. The SMILES string of the molecule is CC1(CNC(=O)Cc2ccccc2)COC(c2nc(-c3ccc(F)cc3)c(-c3ccnc(NCC4CCCO4)n3)[nH]2)OC1. The van der Waals surface area contributed by atoms with Gasteiger partial charge in [0.2, 0.25) is 18.1 Å². The van der Waals surface area contributed by atoms with E-state index in [1.54, 1.807) is 24.4 Å². The predicted molar refractivity (Wildman–Crippen MR) is 158 cm³/mol. The Hall–Kier alpha value is -4.19. The summed E-state index contributed by atoms with van der Waals surface area (Å²) >= 11 is 0. The summed E-state index contributed by atoms with van der Waals surface area (Å²) in [6, 6.07) is 17.6. The predicted octanol–water partition coefficient (Wildman–Crippen LogP) is 4.67. The number of halogens is 1. The third-order valence-corrected chi connectivity index (χ3v) is 7.57. The number of imidazole rings is 1. The van der Waals surface area contributed by atoms with E-state index in [4.69, 9.17) is 24.2 Å². The van der Waals surface area contributed by atoms with Crippen molar-refractivity contribution in [3.63, 3.8) is 0 Å². The standard InChI is InChI=1S/C32H35FN6O4/c1-32(18-36-26(40)16-21-6-3-2-4-7-21)19-42-30(43-20-32)29-38-27(22-9-11-23(33)12-10-22)28(39-29)25-13-14-34-31(37-25)35-17-24-8-5-15-41-24/h2-4,6-7,9-14,24,30H,5,8,15-20H2,1H3,(H,36,40)(H,38,39)(H,34,35,37). The number of carbonyl (C=O) groups excluding carboxylic acids is 1. The van der Waals surface area contributed by atoms with Crippen LogP contribution >= 0.6 is 0 Å². The third kappa shape index (κ3) is 7.24. The van der Waals surface area contributed by atoms with E-state index in [0.29, 0.717) is 67.1 Å². The number of hydrogen-bond donors (Lipinski definition) is 3. The number of ether oxygens (including phenoxy) is 3. The number of nitrogens with zero attached hydrogens (tertiary/aromatic N) is 3. The van der Waals surface area contributed by atoms with E-state index in [2.05, 4.69) is 20.6 Å². The highest BCUT2D eigenvalue weighted by Gasteiger charge is 2.35. The van der Waals surface area contributed by atoms with Gasteiger partial charge in [-0.25, -0.2) is 19.3 Å². The van der Waals surface area contributed by atoms with E-state index < -0.39 is 11.7 Å². The average Bonchev–Trinajstić information content (AvgIpc) is 3.72. The fourth-order valence-corrected chi connectivity index (χ4v) is 5.16. The Labute approximate surface area is 249 Å². The quantitative estimate of drug-likeness (QED) is 0.245. The minimum absolute atomic E-state index is 0.0522. The molecule has 1 atom stereocenters. The molecule has 2 aromatic carbocycles. The first-order valence-electron chi connectivity index (χ1n) is 14.5. The lowest BCUT2D eigenvalue weighted by atomic mass is 9.92. The number of anilines is 1. The van der Waals surface area contributed by atoms with E-state index in [1.807, 2.05) is 37.3 Å². The van der Waals surface area contributed by atoms with E-state index in [9.17, 15) is 9.18 Å². The molecule has 2 aliphatic rings. The van der Waals surface area contributed by atoms with Crippen molar-refractivity contribution in [1.82, 2.24) is 25.3 Å². The van der Waals surface area contributed by atoms with E-state index >= 15 is 0 Å². The van der Waals surface area contributed by atoms with Crippen LogP contribution < -0.4 is 10.6 Å². The van der Waals surface area contributed by atoms with Gasteiger partial charge < -0.3 is 29.8 Å². The van der Waals surface area contributed by atoms with E-state index in [-0.39, 0.29) is 17.8 Å². The van der Waals surface area contributed by atoms with Crippen molar-refractivity contribution in [1.29, 1.82) is 0 Å². The second kappa shape index (κ2) is 13.0. The Morgan fingerprint density at radius 3 is 2.58 bits per heavy atom. The van der Waals surface area contributed by atoms with Gasteiger partial charge in [0.1, 0.15) is 5.82 Å². The third-order valence-electron chi connectivity index (χ3n) is 7.57. The summed E-state index contributed by atoms with van der Waals surface area (Å²) < 4.78 is 31.7. The maximum absolute atomic E-state index is 13.7. The highest BCUT2D eigenvalue weighted by Crippen LogP contribution is 2.35. The second-order valence-electron chi connectivity index (χ2n) is 11.3. The van der Waals surface area contributed by atoms with Crippen LogP contribution in [0.3, 0.4) is 0 Å². The maximum Gasteiger partial charge on any atom is 0.224 e. The zero-order valence-corrected chi connectivity index (χ0v) is 24.0. The van der Waals surface area contributed by atoms with Crippen molar-refractivity contribution in [2.75, 3.05) is 38.2 Å². The molecule has 10 nitrogen and oxygen atoms in total. The fraction of sp³-hybridized carbons (Fsp3) is 0.375. The van der Waals surface area contributed by atoms with Gasteiger partial charge in [-0.05, 0) is 48.7 Å². The number of hydrogen-bond acceptors (Lipinski definition) is 8. The normalized spacial score (nSPS) is 21.9. The van der Waals surface area contributed by atoms with Crippen LogP contribution in [0.2, 0.25) is 0 Å². The monoisotopic (exact) mass is 586 g/mol. The zero-order valence-electron chi connectivity index (χ0n) is 24.0. The Morgan fingerprint density at radius 2 is 1.84 bits per heavy atom. The molecular weight excluding hydrogens is 551 g/mol. The molecule has 2 saturated heterocycles. The van der Waals surface area contributed by atoms with Crippen molar-refractivity contribution >= 4 is 11.9 Å².